The lowest BCUT2D eigenvalue weighted by Crippen LogP contribution is -2.40. The fraction of sp³-hybridized carbons (Fsp3) is 0.250. The van der Waals surface area contributed by atoms with Crippen molar-refractivity contribution in [3.8, 4) is 0 Å². The van der Waals surface area contributed by atoms with Crippen LogP contribution in [0.25, 0.3) is 0 Å². The maximum atomic E-state index is 11.9. The summed E-state index contributed by atoms with van der Waals surface area (Å²) < 4.78 is 23.9. The molecule has 0 aliphatic rings. The average Bonchev–Trinajstić information content (AvgIpc) is 3.05. The van der Waals surface area contributed by atoms with Gasteiger partial charge in [-0.25, -0.2) is 8.42 Å². The van der Waals surface area contributed by atoms with Crippen LogP contribution in [0.3, 0.4) is 0 Å². The predicted molar refractivity (Wildman–Crippen MR) is 80.5 cm³/mol. The maximum Gasteiger partial charge on any atom is 0.276 e. The number of thiophene rings is 2. The second kappa shape index (κ2) is 6.04. The van der Waals surface area contributed by atoms with Gasteiger partial charge in [-0.3, -0.25) is 10.2 Å². The van der Waals surface area contributed by atoms with E-state index in [1.165, 1.54) is 17.4 Å². The third-order valence-electron chi connectivity index (χ3n) is 2.62. The van der Waals surface area contributed by atoms with Crippen molar-refractivity contribution in [2.75, 3.05) is 0 Å². The molecule has 108 valence electrons. The van der Waals surface area contributed by atoms with Gasteiger partial charge in [0.2, 0.25) is 0 Å². The lowest BCUT2D eigenvalue weighted by atomic mass is 10.2. The summed E-state index contributed by atoms with van der Waals surface area (Å²) in [7, 11) is -3.69. The molecule has 0 atom stereocenters. The smallest absolute Gasteiger partial charge is 0.273 e. The van der Waals surface area contributed by atoms with Gasteiger partial charge >= 0.3 is 0 Å². The van der Waals surface area contributed by atoms with Crippen LogP contribution in [0.15, 0.2) is 27.8 Å². The Balaban J connectivity index is 2.05. The van der Waals surface area contributed by atoms with Gasteiger partial charge in [-0.1, -0.05) is 13.0 Å². The minimum atomic E-state index is -3.69. The molecular formula is C12H14N2O3S3. The van der Waals surface area contributed by atoms with Gasteiger partial charge in [0.05, 0.1) is 4.88 Å². The number of aryl methyl sites for hydroxylation is 2. The van der Waals surface area contributed by atoms with Gasteiger partial charge in [-0.05, 0) is 36.4 Å². The van der Waals surface area contributed by atoms with Crippen molar-refractivity contribution in [2.24, 2.45) is 0 Å². The molecule has 2 aromatic heterocycles. The summed E-state index contributed by atoms with van der Waals surface area (Å²) in [5.74, 6) is -0.446. The molecule has 2 aromatic rings. The van der Waals surface area contributed by atoms with E-state index in [2.05, 4.69) is 10.3 Å². The molecule has 0 aliphatic carbocycles. The molecule has 0 aromatic carbocycles. The second-order valence-corrected chi connectivity index (χ2v) is 8.06. The highest BCUT2D eigenvalue weighted by atomic mass is 32.2. The number of amides is 1. The number of carbonyl (C=O) groups is 1. The summed E-state index contributed by atoms with van der Waals surface area (Å²) >= 11 is 2.46. The molecule has 0 unspecified atom stereocenters. The molecule has 0 radical (unpaired) electrons. The van der Waals surface area contributed by atoms with Crippen LogP contribution in [0.4, 0.5) is 0 Å². The predicted octanol–water partition coefficient (Wildman–Crippen LogP) is 2.30. The van der Waals surface area contributed by atoms with E-state index in [0.29, 0.717) is 4.88 Å². The van der Waals surface area contributed by atoms with Gasteiger partial charge in [-0.2, -0.15) is 0 Å². The van der Waals surface area contributed by atoms with Crippen LogP contribution in [-0.4, -0.2) is 14.3 Å². The van der Waals surface area contributed by atoms with Crippen LogP contribution in [0.5, 0.6) is 0 Å². The van der Waals surface area contributed by atoms with Crippen molar-refractivity contribution in [1.29, 1.82) is 0 Å². The molecule has 2 N–H and O–H groups in total. The number of hydrogen-bond donors (Lipinski definition) is 2. The van der Waals surface area contributed by atoms with E-state index >= 15 is 0 Å². The average molecular weight is 330 g/mol. The maximum absolute atomic E-state index is 11.9. The summed E-state index contributed by atoms with van der Waals surface area (Å²) in [5.41, 5.74) is 3.28. The van der Waals surface area contributed by atoms with Crippen LogP contribution in [0.2, 0.25) is 0 Å². The Morgan fingerprint density at radius 1 is 1.40 bits per heavy atom. The van der Waals surface area contributed by atoms with Crippen LogP contribution in [0, 0.1) is 6.92 Å². The monoisotopic (exact) mass is 330 g/mol. The number of rotatable bonds is 5. The molecule has 8 heteroatoms. The van der Waals surface area contributed by atoms with E-state index < -0.39 is 15.9 Å². The zero-order valence-electron chi connectivity index (χ0n) is 11.0. The first-order valence-electron chi connectivity index (χ1n) is 5.89. The standard InChI is InChI=1S/C12H14N2O3S3/c1-3-9-8(2)7-10(19-9)12(15)13-14-20(16,17)11-5-4-6-18-11/h4-7,14H,3H2,1-2H3,(H,13,15). The number of hydrogen-bond acceptors (Lipinski definition) is 5. The highest BCUT2D eigenvalue weighted by Crippen LogP contribution is 2.22. The Bertz CT molecular complexity index is 702. The van der Waals surface area contributed by atoms with E-state index in [0.717, 1.165) is 28.2 Å². The van der Waals surface area contributed by atoms with Gasteiger partial charge in [0.1, 0.15) is 4.21 Å². The zero-order chi connectivity index (χ0) is 14.8. The second-order valence-electron chi connectivity index (χ2n) is 4.06. The van der Waals surface area contributed by atoms with Gasteiger partial charge in [0.25, 0.3) is 15.9 Å². The topological polar surface area (TPSA) is 75.3 Å². The van der Waals surface area contributed by atoms with Crippen LogP contribution in [-0.2, 0) is 16.4 Å². The molecule has 0 fully saturated rings. The number of carbonyl (C=O) groups excluding carboxylic acids is 1. The molecule has 20 heavy (non-hydrogen) atoms. The molecule has 5 nitrogen and oxygen atoms in total. The van der Waals surface area contributed by atoms with Crippen LogP contribution in [0.1, 0.15) is 27.0 Å². The molecule has 2 rings (SSSR count). The summed E-state index contributed by atoms with van der Waals surface area (Å²) in [6.07, 6.45) is 0.852. The van der Waals surface area contributed by atoms with Crippen molar-refractivity contribution in [1.82, 2.24) is 10.3 Å². The summed E-state index contributed by atoms with van der Waals surface area (Å²) in [6, 6.07) is 4.87. The Labute approximate surface area is 125 Å². The largest absolute Gasteiger partial charge is 0.276 e. The third-order valence-corrected chi connectivity index (χ3v) is 6.65. The van der Waals surface area contributed by atoms with Crippen molar-refractivity contribution in [3.63, 3.8) is 0 Å². The molecule has 0 saturated carbocycles. The summed E-state index contributed by atoms with van der Waals surface area (Å²) in [5, 5.41) is 1.66. The van der Waals surface area contributed by atoms with E-state index in [1.54, 1.807) is 17.5 Å². The fourth-order valence-corrected chi connectivity index (χ4v) is 4.47. The van der Waals surface area contributed by atoms with Crippen molar-refractivity contribution in [3.05, 3.63) is 38.9 Å². The highest BCUT2D eigenvalue weighted by Gasteiger charge is 2.17. The van der Waals surface area contributed by atoms with Crippen LogP contribution < -0.4 is 10.3 Å². The fourth-order valence-electron chi connectivity index (χ4n) is 1.62. The van der Waals surface area contributed by atoms with E-state index in [4.69, 9.17) is 0 Å². The first-order chi connectivity index (χ1) is 9.44. The highest BCUT2D eigenvalue weighted by molar-refractivity contribution is 7.91. The van der Waals surface area contributed by atoms with Gasteiger partial charge < -0.3 is 0 Å². The summed E-state index contributed by atoms with van der Waals surface area (Å²) in [4.78, 5) is 15.6. The van der Waals surface area contributed by atoms with Crippen molar-refractivity contribution < 1.29 is 13.2 Å². The Hall–Kier alpha value is -1.22. The SMILES string of the molecule is CCc1sc(C(=O)NNS(=O)(=O)c2cccs2)cc1C. The van der Waals surface area contributed by atoms with Crippen molar-refractivity contribution >= 4 is 38.6 Å². The molecule has 0 spiro atoms. The molecule has 0 saturated heterocycles. The lowest BCUT2D eigenvalue weighted by molar-refractivity contribution is 0.0949. The minimum Gasteiger partial charge on any atom is -0.273 e. The Morgan fingerprint density at radius 2 is 2.15 bits per heavy atom. The first-order valence-corrected chi connectivity index (χ1v) is 9.07. The lowest BCUT2D eigenvalue weighted by Gasteiger charge is -2.05. The van der Waals surface area contributed by atoms with E-state index in [1.807, 2.05) is 13.8 Å². The van der Waals surface area contributed by atoms with Gasteiger partial charge in [-0.15, -0.1) is 27.5 Å². The van der Waals surface area contributed by atoms with E-state index in [9.17, 15) is 13.2 Å². The molecule has 0 bridgehead atoms. The van der Waals surface area contributed by atoms with E-state index in [-0.39, 0.29) is 4.21 Å². The third kappa shape index (κ3) is 3.26. The molecule has 1 amide bonds. The first kappa shape index (κ1) is 15.2. The molecule has 0 aliphatic heterocycles. The molecule has 2 heterocycles. The molecular weight excluding hydrogens is 316 g/mol. The number of hydrazine groups is 1. The number of nitrogens with one attached hydrogen (secondary N) is 2. The Morgan fingerprint density at radius 3 is 2.70 bits per heavy atom. The van der Waals surface area contributed by atoms with Crippen molar-refractivity contribution in [2.45, 2.75) is 24.5 Å². The normalized spacial score (nSPS) is 11.5. The zero-order valence-corrected chi connectivity index (χ0v) is 13.4. The quantitative estimate of drug-likeness (QED) is 0.826. The summed E-state index contributed by atoms with van der Waals surface area (Å²) in [6.45, 7) is 3.95. The van der Waals surface area contributed by atoms with Gasteiger partial charge in [0, 0.05) is 4.88 Å². The minimum absolute atomic E-state index is 0.161. The van der Waals surface area contributed by atoms with Crippen LogP contribution >= 0.6 is 22.7 Å². The van der Waals surface area contributed by atoms with Gasteiger partial charge in [0.15, 0.2) is 0 Å². The Kier molecular flexibility index (Phi) is 4.59. The number of sulfonamides is 1.